The predicted molar refractivity (Wildman–Crippen MR) is 97.8 cm³/mol. The number of amides is 1. The Morgan fingerprint density at radius 2 is 2.04 bits per heavy atom. The number of benzene rings is 1. The average Bonchev–Trinajstić information content (AvgIpc) is 2.61. The van der Waals surface area contributed by atoms with Crippen molar-refractivity contribution in [3.8, 4) is 0 Å². The maximum Gasteiger partial charge on any atom is 0.272 e. The van der Waals surface area contributed by atoms with Gasteiger partial charge in [-0.3, -0.25) is 4.79 Å². The molecule has 0 fully saturated rings. The molecule has 1 aliphatic rings. The Bertz CT molecular complexity index is 766. The Hall–Kier alpha value is -1.59. The van der Waals surface area contributed by atoms with Crippen LogP contribution in [0.5, 0.6) is 0 Å². The molecule has 1 heterocycles. The minimum atomic E-state index is -0.275. The van der Waals surface area contributed by atoms with Crippen LogP contribution in [-0.2, 0) is 12.8 Å². The summed E-state index contributed by atoms with van der Waals surface area (Å²) in [4.78, 5) is 20.8. The molecule has 1 N–H and O–H groups in total. The lowest BCUT2D eigenvalue weighted by molar-refractivity contribution is 0.0934. The zero-order valence-electron chi connectivity index (χ0n) is 13.8. The number of hydrogen-bond donors (Lipinski definition) is 1. The maximum atomic E-state index is 12.5. The number of fused-ring (bicyclic) bond motifs is 1. The van der Waals surface area contributed by atoms with Crippen LogP contribution >= 0.6 is 23.4 Å². The molecule has 1 atom stereocenters. The molecule has 0 bridgehead atoms. The molecule has 3 rings (SSSR count). The molecule has 1 amide bonds. The number of nitrogens with one attached hydrogen (secondary N) is 1. The number of carbonyl (C=O) groups is 1. The predicted octanol–water partition coefficient (Wildman–Crippen LogP) is 4.22. The van der Waals surface area contributed by atoms with Gasteiger partial charge in [0.2, 0.25) is 0 Å². The van der Waals surface area contributed by atoms with Gasteiger partial charge in [-0.15, -0.1) is 0 Å². The summed E-state index contributed by atoms with van der Waals surface area (Å²) in [7, 11) is 0. The van der Waals surface area contributed by atoms with Crippen molar-refractivity contribution in [1.29, 1.82) is 0 Å². The number of aryl methyl sites for hydroxylation is 2. The third kappa shape index (κ3) is 3.73. The van der Waals surface area contributed by atoms with Crippen molar-refractivity contribution < 1.29 is 4.79 Å². The van der Waals surface area contributed by atoms with Crippen LogP contribution in [0.3, 0.4) is 0 Å². The molecule has 0 aliphatic heterocycles. The highest BCUT2D eigenvalue weighted by molar-refractivity contribution is 7.98. The van der Waals surface area contributed by atoms with E-state index in [2.05, 4.69) is 33.5 Å². The smallest absolute Gasteiger partial charge is 0.272 e. The van der Waals surface area contributed by atoms with E-state index in [0.717, 1.165) is 18.4 Å². The Balaban J connectivity index is 1.77. The highest BCUT2D eigenvalue weighted by Gasteiger charge is 2.18. The van der Waals surface area contributed by atoms with Gasteiger partial charge < -0.3 is 5.32 Å². The van der Waals surface area contributed by atoms with E-state index in [4.69, 9.17) is 11.6 Å². The molecule has 24 heavy (non-hydrogen) atoms. The van der Waals surface area contributed by atoms with Gasteiger partial charge in [-0.05, 0) is 55.6 Å². The molecule has 1 aromatic carbocycles. The fraction of sp³-hybridized carbons (Fsp3) is 0.389. The average molecular weight is 362 g/mol. The zero-order valence-corrected chi connectivity index (χ0v) is 15.4. The van der Waals surface area contributed by atoms with Crippen LogP contribution in [0.15, 0.2) is 29.6 Å². The van der Waals surface area contributed by atoms with Crippen molar-refractivity contribution in [2.45, 2.75) is 43.8 Å². The van der Waals surface area contributed by atoms with Gasteiger partial charge in [0.15, 0.2) is 10.9 Å². The van der Waals surface area contributed by atoms with Crippen molar-refractivity contribution in [1.82, 2.24) is 15.3 Å². The van der Waals surface area contributed by atoms with Crippen LogP contribution in [0.25, 0.3) is 0 Å². The van der Waals surface area contributed by atoms with E-state index in [9.17, 15) is 4.79 Å². The van der Waals surface area contributed by atoms with Crippen LogP contribution in [0.1, 0.15) is 53.0 Å². The van der Waals surface area contributed by atoms with Gasteiger partial charge >= 0.3 is 0 Å². The number of hydrogen-bond acceptors (Lipinski definition) is 4. The second-order valence-corrected chi connectivity index (χ2v) is 7.16. The molecule has 0 saturated heterocycles. The Morgan fingerprint density at radius 1 is 1.29 bits per heavy atom. The minimum absolute atomic E-state index is 0.103. The van der Waals surface area contributed by atoms with Crippen LogP contribution in [-0.4, -0.2) is 22.1 Å². The second-order valence-electron chi connectivity index (χ2n) is 5.98. The number of rotatable bonds is 4. The molecule has 1 aliphatic carbocycles. The summed E-state index contributed by atoms with van der Waals surface area (Å²) in [5.41, 5.74) is 4.18. The molecule has 2 aromatic rings. The van der Waals surface area contributed by atoms with Gasteiger partial charge in [-0.25, -0.2) is 9.97 Å². The number of thioether (sulfide) groups is 1. The van der Waals surface area contributed by atoms with Gasteiger partial charge in [-0.2, -0.15) is 0 Å². The van der Waals surface area contributed by atoms with Crippen molar-refractivity contribution in [3.63, 3.8) is 0 Å². The van der Waals surface area contributed by atoms with Crippen molar-refractivity contribution in [3.05, 3.63) is 51.8 Å². The first-order valence-electron chi connectivity index (χ1n) is 8.07. The van der Waals surface area contributed by atoms with Gasteiger partial charge in [0, 0.05) is 0 Å². The first kappa shape index (κ1) is 17.2. The van der Waals surface area contributed by atoms with Crippen molar-refractivity contribution >= 4 is 29.3 Å². The lowest BCUT2D eigenvalue weighted by atomic mass is 9.89. The van der Waals surface area contributed by atoms with E-state index >= 15 is 0 Å². The van der Waals surface area contributed by atoms with Crippen LogP contribution < -0.4 is 5.32 Å². The summed E-state index contributed by atoms with van der Waals surface area (Å²) in [6.07, 6.45) is 8.12. The van der Waals surface area contributed by atoms with E-state index in [1.807, 2.05) is 13.2 Å². The summed E-state index contributed by atoms with van der Waals surface area (Å²) in [5.74, 6) is -0.275. The summed E-state index contributed by atoms with van der Waals surface area (Å²) in [6.45, 7) is 1.98. The van der Waals surface area contributed by atoms with Crippen LogP contribution in [0, 0.1) is 0 Å². The lowest BCUT2D eigenvalue weighted by Gasteiger charge is -2.20. The van der Waals surface area contributed by atoms with Crippen LogP contribution in [0.4, 0.5) is 0 Å². The van der Waals surface area contributed by atoms with E-state index in [-0.39, 0.29) is 22.7 Å². The second kappa shape index (κ2) is 7.53. The first-order chi connectivity index (χ1) is 11.6. The molecule has 6 heteroatoms. The van der Waals surface area contributed by atoms with Gasteiger partial charge in [0.1, 0.15) is 0 Å². The fourth-order valence-corrected chi connectivity index (χ4v) is 3.50. The van der Waals surface area contributed by atoms with Gasteiger partial charge in [0.05, 0.1) is 17.3 Å². The highest BCUT2D eigenvalue weighted by Crippen LogP contribution is 2.25. The van der Waals surface area contributed by atoms with E-state index < -0.39 is 0 Å². The Labute approximate surface area is 151 Å². The lowest BCUT2D eigenvalue weighted by Crippen LogP contribution is -2.28. The third-order valence-electron chi connectivity index (χ3n) is 4.34. The largest absolute Gasteiger partial charge is 0.344 e. The standard InChI is InChI=1S/C18H20ClN3OS/c1-11(13-8-7-12-5-3-4-6-14(12)9-13)21-17(23)16-15(19)10-20-18(22-16)24-2/h7-11H,3-6H2,1-2H3,(H,21,23)/t11-/m0/s1. The molecule has 0 radical (unpaired) electrons. The fourth-order valence-electron chi connectivity index (χ4n) is 2.98. The van der Waals surface area contributed by atoms with Gasteiger partial charge in [0.25, 0.3) is 5.91 Å². The molecular formula is C18H20ClN3OS. The molecular weight excluding hydrogens is 342 g/mol. The normalized spacial score (nSPS) is 14.8. The van der Waals surface area contributed by atoms with Crippen molar-refractivity contribution in [2.24, 2.45) is 0 Å². The number of carbonyl (C=O) groups excluding carboxylic acids is 1. The molecule has 0 spiro atoms. The van der Waals surface area contributed by atoms with Gasteiger partial charge in [-0.1, -0.05) is 41.6 Å². The SMILES string of the molecule is CSc1ncc(Cl)c(C(=O)N[C@@H](C)c2ccc3c(c2)CCCC3)n1. The monoisotopic (exact) mass is 361 g/mol. The number of halogens is 1. The highest BCUT2D eigenvalue weighted by atomic mass is 35.5. The third-order valence-corrected chi connectivity index (χ3v) is 5.18. The van der Waals surface area contributed by atoms with E-state index in [1.165, 1.54) is 41.9 Å². The van der Waals surface area contributed by atoms with Crippen LogP contribution in [0.2, 0.25) is 5.02 Å². The summed E-state index contributed by atoms with van der Waals surface area (Å²) < 4.78 is 0. The topological polar surface area (TPSA) is 54.9 Å². The molecule has 4 nitrogen and oxygen atoms in total. The van der Waals surface area contributed by atoms with E-state index in [1.54, 1.807) is 0 Å². The van der Waals surface area contributed by atoms with E-state index in [0.29, 0.717) is 5.16 Å². The first-order valence-corrected chi connectivity index (χ1v) is 9.68. The number of nitrogens with zero attached hydrogens (tertiary/aromatic N) is 2. The molecule has 0 saturated carbocycles. The summed E-state index contributed by atoms with van der Waals surface area (Å²) >= 11 is 7.46. The molecule has 0 unspecified atom stereocenters. The quantitative estimate of drug-likeness (QED) is 0.654. The number of aromatic nitrogens is 2. The zero-order chi connectivity index (χ0) is 17.1. The summed E-state index contributed by atoms with van der Waals surface area (Å²) in [5, 5.41) is 3.79. The molecule has 1 aromatic heterocycles. The summed E-state index contributed by atoms with van der Waals surface area (Å²) in [6, 6.07) is 6.41. The Kier molecular flexibility index (Phi) is 5.41. The Morgan fingerprint density at radius 3 is 2.79 bits per heavy atom. The van der Waals surface area contributed by atoms with Crippen molar-refractivity contribution in [2.75, 3.05) is 6.26 Å². The molecule has 126 valence electrons. The maximum absolute atomic E-state index is 12.5. The minimum Gasteiger partial charge on any atom is -0.344 e.